The van der Waals surface area contributed by atoms with Crippen molar-refractivity contribution in [1.29, 1.82) is 0 Å². The Bertz CT molecular complexity index is 516. The van der Waals surface area contributed by atoms with Gasteiger partial charge < -0.3 is 15.0 Å². The molecular weight excluding hydrogens is 324 g/mol. The standard InChI is InChI=1S/C14H19BrN2O3/c1-17-9-10(15)8-11(17)12(18)16-14(13(19)20)6-4-2-3-5-7-14/h8-9H,2-7H2,1H3,(H,16,18)(H,19,20). The number of nitrogens with one attached hydrogen (secondary N) is 1. The molecule has 0 unspecified atom stereocenters. The molecule has 1 saturated carbocycles. The second-order valence-electron chi connectivity index (χ2n) is 5.41. The minimum atomic E-state index is -1.12. The molecule has 1 aromatic heterocycles. The lowest BCUT2D eigenvalue weighted by Crippen LogP contribution is -2.54. The van der Waals surface area contributed by atoms with Gasteiger partial charge in [-0.1, -0.05) is 25.7 Å². The van der Waals surface area contributed by atoms with E-state index in [1.807, 2.05) is 0 Å². The normalized spacial score (nSPS) is 18.3. The van der Waals surface area contributed by atoms with Gasteiger partial charge in [-0.2, -0.15) is 0 Å². The highest BCUT2D eigenvalue weighted by Crippen LogP contribution is 2.28. The summed E-state index contributed by atoms with van der Waals surface area (Å²) in [7, 11) is 1.76. The Labute approximate surface area is 126 Å². The number of hydrogen-bond acceptors (Lipinski definition) is 2. The van der Waals surface area contributed by atoms with E-state index < -0.39 is 11.5 Å². The molecule has 1 amide bonds. The number of halogens is 1. The van der Waals surface area contributed by atoms with Gasteiger partial charge in [0.15, 0.2) is 0 Å². The van der Waals surface area contributed by atoms with Crippen LogP contribution in [-0.2, 0) is 11.8 Å². The number of nitrogens with zero attached hydrogens (tertiary/aromatic N) is 1. The smallest absolute Gasteiger partial charge is 0.329 e. The van der Waals surface area contributed by atoms with Crippen molar-refractivity contribution in [3.8, 4) is 0 Å². The van der Waals surface area contributed by atoms with Gasteiger partial charge in [0.05, 0.1) is 0 Å². The van der Waals surface area contributed by atoms with E-state index in [4.69, 9.17) is 0 Å². The summed E-state index contributed by atoms with van der Waals surface area (Å²) < 4.78 is 2.49. The van der Waals surface area contributed by atoms with E-state index in [2.05, 4.69) is 21.2 Å². The van der Waals surface area contributed by atoms with Crippen LogP contribution in [0.25, 0.3) is 0 Å². The Hall–Kier alpha value is -1.30. The molecule has 1 heterocycles. The predicted molar refractivity (Wildman–Crippen MR) is 78.6 cm³/mol. The maximum Gasteiger partial charge on any atom is 0.329 e. The summed E-state index contributed by atoms with van der Waals surface area (Å²) >= 11 is 3.31. The summed E-state index contributed by atoms with van der Waals surface area (Å²) in [5, 5.41) is 12.3. The molecule has 20 heavy (non-hydrogen) atoms. The van der Waals surface area contributed by atoms with Crippen LogP contribution >= 0.6 is 15.9 Å². The van der Waals surface area contributed by atoms with Crippen LogP contribution < -0.4 is 5.32 Å². The summed E-state index contributed by atoms with van der Waals surface area (Å²) in [5.74, 6) is -1.26. The summed E-state index contributed by atoms with van der Waals surface area (Å²) in [6.07, 6.45) is 6.50. The number of aryl methyl sites for hydroxylation is 1. The zero-order valence-electron chi connectivity index (χ0n) is 11.5. The molecule has 0 aliphatic heterocycles. The first-order valence-electron chi connectivity index (χ1n) is 6.82. The fraction of sp³-hybridized carbons (Fsp3) is 0.571. The van der Waals surface area contributed by atoms with Crippen LogP contribution in [0.5, 0.6) is 0 Å². The topological polar surface area (TPSA) is 71.3 Å². The first-order chi connectivity index (χ1) is 9.44. The molecule has 0 bridgehead atoms. The van der Waals surface area contributed by atoms with Crippen LogP contribution in [-0.4, -0.2) is 27.1 Å². The maximum atomic E-state index is 12.4. The summed E-state index contributed by atoms with van der Waals surface area (Å²) in [6, 6.07) is 1.70. The van der Waals surface area contributed by atoms with Crippen molar-refractivity contribution >= 4 is 27.8 Å². The van der Waals surface area contributed by atoms with Crippen LogP contribution in [0.4, 0.5) is 0 Å². The SMILES string of the molecule is Cn1cc(Br)cc1C(=O)NC1(C(=O)O)CCCCCC1. The van der Waals surface area contributed by atoms with Crippen molar-refractivity contribution in [1.82, 2.24) is 9.88 Å². The van der Waals surface area contributed by atoms with Crippen LogP contribution in [0, 0.1) is 0 Å². The van der Waals surface area contributed by atoms with E-state index in [1.165, 1.54) is 0 Å². The fourth-order valence-electron chi connectivity index (χ4n) is 2.76. The third-order valence-electron chi connectivity index (χ3n) is 3.92. The van der Waals surface area contributed by atoms with Crippen molar-refractivity contribution in [2.24, 2.45) is 7.05 Å². The number of aliphatic carboxylic acids is 1. The third kappa shape index (κ3) is 3.06. The highest BCUT2D eigenvalue weighted by Gasteiger charge is 2.40. The first-order valence-corrected chi connectivity index (χ1v) is 7.62. The average Bonchev–Trinajstić information content (AvgIpc) is 2.60. The Morgan fingerprint density at radius 3 is 2.35 bits per heavy atom. The fourth-order valence-corrected chi connectivity index (χ4v) is 3.28. The van der Waals surface area contributed by atoms with Gasteiger partial charge in [0.2, 0.25) is 0 Å². The van der Waals surface area contributed by atoms with E-state index >= 15 is 0 Å². The van der Waals surface area contributed by atoms with E-state index in [-0.39, 0.29) is 5.91 Å². The molecule has 0 spiro atoms. The largest absolute Gasteiger partial charge is 0.480 e. The monoisotopic (exact) mass is 342 g/mol. The van der Waals surface area contributed by atoms with Crippen molar-refractivity contribution in [3.05, 3.63) is 22.4 Å². The molecule has 0 radical (unpaired) electrons. The molecule has 1 fully saturated rings. The minimum Gasteiger partial charge on any atom is -0.480 e. The highest BCUT2D eigenvalue weighted by atomic mass is 79.9. The Morgan fingerprint density at radius 2 is 1.90 bits per heavy atom. The van der Waals surface area contributed by atoms with Gasteiger partial charge in [0.25, 0.3) is 5.91 Å². The van der Waals surface area contributed by atoms with Gasteiger partial charge in [0.1, 0.15) is 11.2 Å². The number of carboxylic acid groups (broad SMARTS) is 1. The molecular formula is C14H19BrN2O3. The Morgan fingerprint density at radius 1 is 1.30 bits per heavy atom. The lowest BCUT2D eigenvalue weighted by molar-refractivity contribution is -0.145. The summed E-state index contributed by atoms with van der Waals surface area (Å²) in [6.45, 7) is 0. The molecule has 110 valence electrons. The van der Waals surface area contributed by atoms with Crippen LogP contribution in [0.2, 0.25) is 0 Å². The number of hydrogen-bond donors (Lipinski definition) is 2. The molecule has 0 aromatic carbocycles. The molecule has 1 aromatic rings. The highest BCUT2D eigenvalue weighted by molar-refractivity contribution is 9.10. The average molecular weight is 343 g/mol. The van der Waals surface area contributed by atoms with Crippen LogP contribution in [0.1, 0.15) is 49.0 Å². The number of carboxylic acids is 1. The van der Waals surface area contributed by atoms with E-state index in [0.29, 0.717) is 18.5 Å². The number of carbonyl (C=O) groups is 2. The molecule has 5 nitrogen and oxygen atoms in total. The first kappa shape index (κ1) is 15.1. The lowest BCUT2D eigenvalue weighted by atomic mass is 9.90. The van der Waals surface area contributed by atoms with Gasteiger partial charge in [-0.05, 0) is 34.8 Å². The van der Waals surface area contributed by atoms with Gasteiger partial charge in [-0.3, -0.25) is 4.79 Å². The molecule has 1 aliphatic carbocycles. The second kappa shape index (κ2) is 5.99. The number of amides is 1. The van der Waals surface area contributed by atoms with Crippen LogP contribution in [0.3, 0.4) is 0 Å². The van der Waals surface area contributed by atoms with Crippen molar-refractivity contribution in [3.63, 3.8) is 0 Å². The van der Waals surface area contributed by atoms with E-state index in [1.54, 1.807) is 23.9 Å². The number of aromatic nitrogens is 1. The minimum absolute atomic E-state index is 0.331. The maximum absolute atomic E-state index is 12.4. The summed E-state index contributed by atoms with van der Waals surface area (Å²) in [5.41, 5.74) is -0.661. The molecule has 0 saturated heterocycles. The van der Waals surface area contributed by atoms with E-state index in [9.17, 15) is 14.7 Å². The summed E-state index contributed by atoms with van der Waals surface area (Å²) in [4.78, 5) is 24.0. The zero-order chi connectivity index (χ0) is 14.8. The predicted octanol–water partition coefficient (Wildman–Crippen LogP) is 2.70. The van der Waals surface area contributed by atoms with Gasteiger partial charge >= 0.3 is 5.97 Å². The second-order valence-corrected chi connectivity index (χ2v) is 6.33. The zero-order valence-corrected chi connectivity index (χ0v) is 13.1. The van der Waals surface area contributed by atoms with Gasteiger partial charge in [0, 0.05) is 17.7 Å². The molecule has 2 N–H and O–H groups in total. The van der Waals surface area contributed by atoms with E-state index in [0.717, 1.165) is 30.2 Å². The Kier molecular flexibility index (Phi) is 4.52. The Balaban J connectivity index is 2.21. The van der Waals surface area contributed by atoms with Crippen molar-refractivity contribution in [2.75, 3.05) is 0 Å². The molecule has 6 heteroatoms. The lowest BCUT2D eigenvalue weighted by Gasteiger charge is -2.29. The molecule has 0 atom stereocenters. The van der Waals surface area contributed by atoms with Gasteiger partial charge in [-0.25, -0.2) is 4.79 Å². The quantitative estimate of drug-likeness (QED) is 0.829. The third-order valence-corrected chi connectivity index (χ3v) is 4.36. The van der Waals surface area contributed by atoms with Crippen molar-refractivity contribution < 1.29 is 14.7 Å². The van der Waals surface area contributed by atoms with Crippen LogP contribution in [0.15, 0.2) is 16.7 Å². The van der Waals surface area contributed by atoms with Gasteiger partial charge in [-0.15, -0.1) is 0 Å². The number of rotatable bonds is 3. The molecule has 2 rings (SSSR count). The number of carbonyl (C=O) groups excluding carboxylic acids is 1. The molecule has 1 aliphatic rings. The van der Waals surface area contributed by atoms with Crippen molar-refractivity contribution in [2.45, 2.75) is 44.1 Å².